The Morgan fingerprint density at radius 1 is 1.50 bits per heavy atom. The number of hydrogen-bond donors (Lipinski definition) is 1. The van der Waals surface area contributed by atoms with Crippen LogP contribution < -0.4 is 5.73 Å². The molecule has 1 aromatic rings. The molecule has 0 amide bonds. The lowest BCUT2D eigenvalue weighted by Crippen LogP contribution is -2.39. The molecule has 0 spiro atoms. The quantitative estimate of drug-likeness (QED) is 0.655. The lowest BCUT2D eigenvalue weighted by Gasteiger charge is -2.22. The van der Waals surface area contributed by atoms with Gasteiger partial charge in [0.15, 0.2) is 0 Å². The molecule has 0 aliphatic carbocycles. The molecule has 0 radical (unpaired) electrons. The highest BCUT2D eigenvalue weighted by molar-refractivity contribution is 7.89. The van der Waals surface area contributed by atoms with Gasteiger partial charge in [0.25, 0.3) is 0 Å². The molecule has 1 aliphatic rings. The number of rotatable bonds is 4. The number of nitrogens with zero attached hydrogens (tertiary/aromatic N) is 2. The fourth-order valence-corrected chi connectivity index (χ4v) is 4.01. The molecule has 1 unspecified atom stereocenters. The Hall–Kier alpha value is -1.58. The number of benzene rings is 1. The first-order valence-corrected chi connectivity index (χ1v) is 7.48. The van der Waals surface area contributed by atoms with Gasteiger partial charge in [-0.05, 0) is 25.0 Å². The standard InChI is InChI=1S/C11H14FN3O4S/c12-10-4-3-9(6-11(10)15(16)17)20(18,19)14-5-1-2-8(14)7-13/h3-4,6,8H,1-2,5,7,13H2. The first-order chi connectivity index (χ1) is 9.37. The van der Waals surface area contributed by atoms with Gasteiger partial charge in [-0.15, -0.1) is 0 Å². The molecule has 2 N–H and O–H groups in total. The van der Waals surface area contributed by atoms with Gasteiger partial charge in [0.2, 0.25) is 15.8 Å². The van der Waals surface area contributed by atoms with Crippen LogP contribution in [0.2, 0.25) is 0 Å². The smallest absolute Gasteiger partial charge is 0.306 e. The second-order valence-electron chi connectivity index (χ2n) is 4.52. The van der Waals surface area contributed by atoms with E-state index in [1.807, 2.05) is 0 Å². The molecule has 1 fully saturated rings. The number of nitro groups is 1. The zero-order chi connectivity index (χ0) is 14.9. The molecule has 9 heteroatoms. The fourth-order valence-electron chi connectivity index (χ4n) is 2.29. The van der Waals surface area contributed by atoms with Crippen molar-refractivity contribution in [2.75, 3.05) is 13.1 Å². The lowest BCUT2D eigenvalue weighted by atomic mass is 10.2. The van der Waals surface area contributed by atoms with Crippen LogP contribution in [0.1, 0.15) is 12.8 Å². The van der Waals surface area contributed by atoms with Crippen molar-refractivity contribution in [3.05, 3.63) is 34.1 Å². The third-order valence-corrected chi connectivity index (χ3v) is 5.26. The van der Waals surface area contributed by atoms with Crippen molar-refractivity contribution in [1.82, 2.24) is 4.31 Å². The molecule has 1 saturated heterocycles. The summed E-state index contributed by atoms with van der Waals surface area (Å²) in [6.07, 6.45) is 1.34. The van der Waals surface area contributed by atoms with Crippen molar-refractivity contribution < 1.29 is 17.7 Å². The number of halogens is 1. The highest BCUT2D eigenvalue weighted by Gasteiger charge is 2.35. The van der Waals surface area contributed by atoms with Gasteiger partial charge in [0, 0.05) is 25.2 Å². The Morgan fingerprint density at radius 3 is 2.80 bits per heavy atom. The maximum absolute atomic E-state index is 13.3. The topological polar surface area (TPSA) is 107 Å². The SMILES string of the molecule is NCC1CCCN1S(=O)(=O)c1ccc(F)c([N+](=O)[O-])c1. The summed E-state index contributed by atoms with van der Waals surface area (Å²) in [7, 11) is -3.89. The van der Waals surface area contributed by atoms with E-state index in [1.165, 1.54) is 4.31 Å². The Labute approximate surface area is 115 Å². The largest absolute Gasteiger partial charge is 0.329 e. The fraction of sp³-hybridized carbons (Fsp3) is 0.455. The van der Waals surface area contributed by atoms with Crippen molar-refractivity contribution in [3.8, 4) is 0 Å². The van der Waals surface area contributed by atoms with E-state index in [2.05, 4.69) is 0 Å². The van der Waals surface area contributed by atoms with Crippen LogP contribution in [0.15, 0.2) is 23.1 Å². The van der Waals surface area contributed by atoms with E-state index in [-0.39, 0.29) is 17.5 Å². The average Bonchev–Trinajstić information content (AvgIpc) is 2.87. The number of nitrogens with two attached hydrogens (primary N) is 1. The first kappa shape index (κ1) is 14.8. The van der Waals surface area contributed by atoms with Gasteiger partial charge in [-0.1, -0.05) is 0 Å². The predicted molar refractivity (Wildman–Crippen MR) is 69.0 cm³/mol. The van der Waals surface area contributed by atoms with Crippen molar-refractivity contribution in [3.63, 3.8) is 0 Å². The maximum atomic E-state index is 13.3. The Balaban J connectivity index is 2.44. The molecule has 7 nitrogen and oxygen atoms in total. The molecule has 1 heterocycles. The molecular weight excluding hydrogens is 289 g/mol. The van der Waals surface area contributed by atoms with Gasteiger partial charge in [-0.25, -0.2) is 8.42 Å². The van der Waals surface area contributed by atoms with Crippen molar-refractivity contribution >= 4 is 15.7 Å². The van der Waals surface area contributed by atoms with E-state index in [9.17, 15) is 22.9 Å². The minimum atomic E-state index is -3.89. The van der Waals surface area contributed by atoms with E-state index in [4.69, 9.17) is 5.73 Å². The van der Waals surface area contributed by atoms with Crippen LogP contribution in [-0.2, 0) is 10.0 Å². The molecule has 0 saturated carbocycles. The van der Waals surface area contributed by atoms with E-state index in [1.54, 1.807) is 0 Å². The van der Waals surface area contributed by atoms with Crippen molar-refractivity contribution in [2.45, 2.75) is 23.8 Å². The van der Waals surface area contributed by atoms with Crippen molar-refractivity contribution in [2.24, 2.45) is 5.73 Å². The van der Waals surface area contributed by atoms with Gasteiger partial charge >= 0.3 is 5.69 Å². The molecule has 0 aromatic heterocycles. The van der Waals surface area contributed by atoms with E-state index in [0.717, 1.165) is 18.2 Å². The second kappa shape index (κ2) is 5.43. The van der Waals surface area contributed by atoms with Gasteiger partial charge in [0.05, 0.1) is 9.82 Å². The van der Waals surface area contributed by atoms with Gasteiger partial charge in [-0.2, -0.15) is 8.70 Å². The summed E-state index contributed by atoms with van der Waals surface area (Å²) in [5.41, 5.74) is 4.67. The monoisotopic (exact) mass is 303 g/mol. The average molecular weight is 303 g/mol. The number of nitro benzene ring substituents is 1. The van der Waals surface area contributed by atoms with Crippen LogP contribution in [0.4, 0.5) is 10.1 Å². The summed E-state index contributed by atoms with van der Waals surface area (Å²) in [5.74, 6) is -1.06. The summed E-state index contributed by atoms with van der Waals surface area (Å²) < 4.78 is 39.3. The highest BCUT2D eigenvalue weighted by Crippen LogP contribution is 2.28. The minimum Gasteiger partial charge on any atom is -0.329 e. The Kier molecular flexibility index (Phi) is 4.02. The zero-order valence-electron chi connectivity index (χ0n) is 10.5. The predicted octanol–water partition coefficient (Wildman–Crippen LogP) is 0.846. The van der Waals surface area contributed by atoms with Crippen LogP contribution in [0.3, 0.4) is 0 Å². The second-order valence-corrected chi connectivity index (χ2v) is 6.41. The van der Waals surface area contributed by atoms with Crippen molar-refractivity contribution in [1.29, 1.82) is 0 Å². The normalized spacial score (nSPS) is 20.2. The molecule has 2 rings (SSSR count). The van der Waals surface area contributed by atoms with Crippen LogP contribution in [0.25, 0.3) is 0 Å². The first-order valence-electron chi connectivity index (χ1n) is 6.03. The molecule has 110 valence electrons. The molecule has 1 atom stereocenters. The summed E-state index contributed by atoms with van der Waals surface area (Å²) in [6, 6.07) is 2.25. The highest BCUT2D eigenvalue weighted by atomic mass is 32.2. The Bertz CT molecular complexity index is 635. The zero-order valence-corrected chi connectivity index (χ0v) is 11.3. The van der Waals surface area contributed by atoms with E-state index >= 15 is 0 Å². The number of hydrogen-bond acceptors (Lipinski definition) is 5. The summed E-state index contributed by atoms with van der Waals surface area (Å²) in [4.78, 5) is 9.45. The van der Waals surface area contributed by atoms with Crippen LogP contribution in [0, 0.1) is 15.9 Å². The summed E-state index contributed by atoms with van der Waals surface area (Å²) >= 11 is 0. The number of sulfonamides is 1. The van der Waals surface area contributed by atoms with Gasteiger partial charge in [-0.3, -0.25) is 10.1 Å². The lowest BCUT2D eigenvalue weighted by molar-refractivity contribution is -0.387. The van der Waals surface area contributed by atoms with Crippen LogP contribution >= 0.6 is 0 Å². The molecule has 1 aliphatic heterocycles. The third-order valence-electron chi connectivity index (χ3n) is 3.32. The molecule has 1 aromatic carbocycles. The molecular formula is C11H14FN3O4S. The van der Waals surface area contributed by atoms with Crippen LogP contribution in [0.5, 0.6) is 0 Å². The van der Waals surface area contributed by atoms with Crippen LogP contribution in [-0.4, -0.2) is 36.8 Å². The minimum absolute atomic E-state index is 0.183. The molecule has 0 bridgehead atoms. The van der Waals surface area contributed by atoms with Gasteiger partial charge < -0.3 is 5.73 Å². The summed E-state index contributed by atoms with van der Waals surface area (Å²) in [6.45, 7) is 0.498. The summed E-state index contributed by atoms with van der Waals surface area (Å²) in [5, 5.41) is 10.7. The Morgan fingerprint density at radius 2 is 2.20 bits per heavy atom. The molecule has 20 heavy (non-hydrogen) atoms. The maximum Gasteiger partial charge on any atom is 0.306 e. The van der Waals surface area contributed by atoms with E-state index < -0.39 is 26.5 Å². The van der Waals surface area contributed by atoms with E-state index in [0.29, 0.717) is 19.4 Å². The third kappa shape index (κ3) is 2.51. The van der Waals surface area contributed by atoms with Gasteiger partial charge in [0.1, 0.15) is 0 Å².